The van der Waals surface area contributed by atoms with Crippen LogP contribution >= 0.6 is 0 Å². The molecular formula is C21H40O5Si. The molecule has 0 radical (unpaired) electrons. The number of ether oxygens (including phenoxy) is 3. The van der Waals surface area contributed by atoms with E-state index < -0.39 is 14.1 Å². The van der Waals surface area contributed by atoms with E-state index in [-0.39, 0.29) is 36.1 Å². The van der Waals surface area contributed by atoms with Gasteiger partial charge in [0.25, 0.3) is 0 Å². The van der Waals surface area contributed by atoms with Crippen LogP contribution in [0.1, 0.15) is 60.3 Å². The molecule has 0 aromatic rings. The summed E-state index contributed by atoms with van der Waals surface area (Å²) < 4.78 is 24.9. The molecule has 2 aliphatic heterocycles. The van der Waals surface area contributed by atoms with Crippen LogP contribution in [0.25, 0.3) is 0 Å². The third-order valence-corrected chi connectivity index (χ3v) is 10.6. The maximum absolute atomic E-state index is 8.97. The molecule has 2 heterocycles. The van der Waals surface area contributed by atoms with E-state index in [0.717, 1.165) is 25.7 Å². The lowest BCUT2D eigenvalue weighted by atomic mass is 10.0. The van der Waals surface area contributed by atoms with Crippen LogP contribution in [0, 0.1) is 0 Å². The fraction of sp³-hybridized carbons (Fsp3) is 0.905. The first-order valence-electron chi connectivity index (χ1n) is 10.4. The molecular weight excluding hydrogens is 360 g/mol. The Hall–Kier alpha value is -0.243. The molecule has 2 aliphatic rings. The van der Waals surface area contributed by atoms with Gasteiger partial charge in [-0.1, -0.05) is 32.9 Å². The Kier molecular flexibility index (Phi) is 7.73. The maximum atomic E-state index is 8.97. The summed E-state index contributed by atoms with van der Waals surface area (Å²) in [5.41, 5.74) is 0. The molecule has 0 aliphatic carbocycles. The average Bonchev–Trinajstić information content (AvgIpc) is 3.15. The molecule has 4 atom stereocenters. The molecule has 0 bridgehead atoms. The lowest BCUT2D eigenvalue weighted by molar-refractivity contribution is -0.158. The lowest BCUT2D eigenvalue weighted by Crippen LogP contribution is -2.47. The normalized spacial score (nSPS) is 30.3. The third kappa shape index (κ3) is 6.37. The first kappa shape index (κ1) is 23.0. The van der Waals surface area contributed by atoms with E-state index in [1.54, 1.807) is 6.08 Å². The fourth-order valence-corrected chi connectivity index (χ4v) is 4.84. The molecule has 0 aromatic carbocycles. The number of hydrogen-bond acceptors (Lipinski definition) is 5. The minimum absolute atomic E-state index is 0.00723. The SMILES string of the molecule is CC1(C)OC[C@@H]([C@H]2CC[C@H]([C@@H](CC/C=C/CO)O[Si](C)(C)C(C)(C)C)O2)O1. The van der Waals surface area contributed by atoms with Gasteiger partial charge >= 0.3 is 0 Å². The van der Waals surface area contributed by atoms with Crippen molar-refractivity contribution in [2.45, 2.75) is 109 Å². The molecule has 2 rings (SSSR count). The van der Waals surface area contributed by atoms with Gasteiger partial charge in [-0.15, -0.1) is 0 Å². The van der Waals surface area contributed by atoms with Crippen LogP contribution in [-0.4, -0.2) is 56.8 Å². The number of hydrogen-bond donors (Lipinski definition) is 1. The molecule has 1 N–H and O–H groups in total. The highest BCUT2D eigenvalue weighted by Gasteiger charge is 2.45. The largest absolute Gasteiger partial charge is 0.411 e. The van der Waals surface area contributed by atoms with Gasteiger partial charge < -0.3 is 23.7 Å². The minimum Gasteiger partial charge on any atom is -0.411 e. The first-order chi connectivity index (χ1) is 12.5. The molecule has 0 saturated carbocycles. The molecule has 27 heavy (non-hydrogen) atoms. The average molecular weight is 401 g/mol. The van der Waals surface area contributed by atoms with Crippen molar-refractivity contribution in [3.8, 4) is 0 Å². The molecule has 2 saturated heterocycles. The van der Waals surface area contributed by atoms with Gasteiger partial charge in [-0.25, -0.2) is 0 Å². The Morgan fingerprint density at radius 1 is 1.19 bits per heavy atom. The zero-order valence-electron chi connectivity index (χ0n) is 18.3. The van der Waals surface area contributed by atoms with Crippen molar-refractivity contribution in [3.05, 3.63) is 12.2 Å². The van der Waals surface area contributed by atoms with Crippen molar-refractivity contribution in [3.63, 3.8) is 0 Å². The van der Waals surface area contributed by atoms with E-state index in [1.165, 1.54) is 0 Å². The molecule has 5 nitrogen and oxygen atoms in total. The predicted molar refractivity (Wildman–Crippen MR) is 110 cm³/mol. The Balaban J connectivity index is 2.01. The van der Waals surface area contributed by atoms with E-state index in [1.807, 2.05) is 19.9 Å². The molecule has 0 amide bonds. The molecule has 158 valence electrons. The van der Waals surface area contributed by atoms with Crippen LogP contribution < -0.4 is 0 Å². The summed E-state index contributed by atoms with van der Waals surface area (Å²) in [6.45, 7) is 16.0. The smallest absolute Gasteiger partial charge is 0.192 e. The second-order valence-corrected chi connectivity index (χ2v) is 14.6. The Bertz CT molecular complexity index is 497. The van der Waals surface area contributed by atoms with Crippen LogP contribution in [0.3, 0.4) is 0 Å². The van der Waals surface area contributed by atoms with E-state index in [2.05, 4.69) is 33.9 Å². The van der Waals surface area contributed by atoms with Crippen LogP contribution in [0.2, 0.25) is 18.1 Å². The number of aliphatic hydroxyl groups is 1. The van der Waals surface area contributed by atoms with Crippen LogP contribution in [-0.2, 0) is 18.6 Å². The Morgan fingerprint density at radius 2 is 1.89 bits per heavy atom. The second-order valence-electron chi connectivity index (χ2n) is 9.81. The molecule has 0 aromatic heterocycles. The predicted octanol–water partition coefficient (Wildman–Crippen LogP) is 4.40. The monoisotopic (exact) mass is 400 g/mol. The van der Waals surface area contributed by atoms with Crippen molar-refractivity contribution in [1.29, 1.82) is 0 Å². The minimum atomic E-state index is -1.89. The highest BCUT2D eigenvalue weighted by molar-refractivity contribution is 6.74. The fourth-order valence-electron chi connectivity index (χ4n) is 3.46. The van der Waals surface area contributed by atoms with E-state index in [0.29, 0.717) is 6.61 Å². The highest BCUT2D eigenvalue weighted by Crippen LogP contribution is 2.40. The van der Waals surface area contributed by atoms with Crippen molar-refractivity contribution in [2.24, 2.45) is 0 Å². The topological polar surface area (TPSA) is 57.2 Å². The van der Waals surface area contributed by atoms with Gasteiger partial charge in [0.05, 0.1) is 31.5 Å². The quantitative estimate of drug-likeness (QED) is 0.483. The van der Waals surface area contributed by atoms with Gasteiger partial charge in [0, 0.05) is 0 Å². The molecule has 2 fully saturated rings. The number of aliphatic hydroxyl groups excluding tert-OH is 1. The number of allylic oxidation sites excluding steroid dienone is 1. The van der Waals surface area contributed by atoms with E-state index in [9.17, 15) is 0 Å². The summed E-state index contributed by atoms with van der Waals surface area (Å²) >= 11 is 0. The van der Waals surface area contributed by atoms with Gasteiger partial charge in [0.1, 0.15) is 6.10 Å². The second kappa shape index (κ2) is 9.05. The highest BCUT2D eigenvalue weighted by atomic mass is 28.4. The van der Waals surface area contributed by atoms with Gasteiger partial charge in [0.2, 0.25) is 0 Å². The van der Waals surface area contributed by atoms with Crippen LogP contribution in [0.4, 0.5) is 0 Å². The van der Waals surface area contributed by atoms with Crippen molar-refractivity contribution in [1.82, 2.24) is 0 Å². The van der Waals surface area contributed by atoms with Gasteiger partial charge in [-0.3, -0.25) is 0 Å². The summed E-state index contributed by atoms with van der Waals surface area (Å²) in [6, 6.07) is 0. The zero-order chi connectivity index (χ0) is 20.3. The van der Waals surface area contributed by atoms with Gasteiger partial charge in [0.15, 0.2) is 14.1 Å². The Labute approximate surface area is 166 Å². The van der Waals surface area contributed by atoms with Crippen LogP contribution in [0.5, 0.6) is 0 Å². The molecule has 0 spiro atoms. The summed E-state index contributed by atoms with van der Waals surface area (Å²) in [5.74, 6) is -0.516. The lowest BCUT2D eigenvalue weighted by Gasteiger charge is -2.41. The van der Waals surface area contributed by atoms with E-state index >= 15 is 0 Å². The van der Waals surface area contributed by atoms with E-state index in [4.69, 9.17) is 23.7 Å². The van der Waals surface area contributed by atoms with Gasteiger partial charge in [-0.05, 0) is 57.7 Å². The van der Waals surface area contributed by atoms with Crippen molar-refractivity contribution < 1.29 is 23.7 Å². The van der Waals surface area contributed by atoms with Crippen molar-refractivity contribution >= 4 is 8.32 Å². The summed E-state index contributed by atoms with van der Waals surface area (Å²) in [5, 5.41) is 9.14. The summed E-state index contributed by atoms with van der Waals surface area (Å²) in [6.07, 6.45) is 7.87. The number of rotatable bonds is 8. The summed E-state index contributed by atoms with van der Waals surface area (Å²) in [4.78, 5) is 0. The standard InChI is InChI=1S/C21H40O5Si/c1-20(2,3)27(6,7)26-18(11-9-8-10-14-22)16-12-13-17(24-16)19-15-23-21(4,5)25-19/h8,10,16-19,22H,9,11-15H2,1-7H3/b10-8+/t16-,17-,18-,19+/m1/s1. The molecule has 0 unspecified atom stereocenters. The first-order valence-corrected chi connectivity index (χ1v) is 13.3. The Morgan fingerprint density at radius 3 is 2.44 bits per heavy atom. The molecule has 6 heteroatoms. The van der Waals surface area contributed by atoms with Gasteiger partial charge in [-0.2, -0.15) is 0 Å². The maximum Gasteiger partial charge on any atom is 0.192 e. The summed E-state index contributed by atoms with van der Waals surface area (Å²) in [7, 11) is -1.89. The van der Waals surface area contributed by atoms with Crippen LogP contribution in [0.15, 0.2) is 12.2 Å². The zero-order valence-corrected chi connectivity index (χ0v) is 19.3. The van der Waals surface area contributed by atoms with Crippen molar-refractivity contribution in [2.75, 3.05) is 13.2 Å². The third-order valence-electron chi connectivity index (χ3n) is 6.09.